The molecule has 1 rings (SSSR count). The summed E-state index contributed by atoms with van der Waals surface area (Å²) < 4.78 is 37.9. The van der Waals surface area contributed by atoms with Gasteiger partial charge in [-0.2, -0.15) is 0 Å². The Morgan fingerprint density at radius 3 is 2.47 bits per heavy atom. The van der Waals surface area contributed by atoms with Crippen molar-refractivity contribution >= 4 is 10.8 Å². The molecule has 0 aliphatic heterocycles. The molecule has 1 aromatic rings. The molecule has 0 aromatic heterocycles. The lowest BCUT2D eigenvalue weighted by Crippen LogP contribution is -2.37. The van der Waals surface area contributed by atoms with Crippen LogP contribution in [0.25, 0.3) is 0 Å². The third kappa shape index (κ3) is 3.57. The van der Waals surface area contributed by atoms with Gasteiger partial charge in [0.2, 0.25) is 0 Å². The van der Waals surface area contributed by atoms with E-state index in [0.29, 0.717) is 4.90 Å². The Morgan fingerprint density at radius 2 is 1.94 bits per heavy atom. The van der Waals surface area contributed by atoms with Gasteiger partial charge < -0.3 is 5.32 Å². The molecule has 96 valence electrons. The summed E-state index contributed by atoms with van der Waals surface area (Å²) in [6.07, 6.45) is 0. The zero-order chi connectivity index (χ0) is 13.0. The molecule has 2 nitrogen and oxygen atoms in total. The first-order valence-electron chi connectivity index (χ1n) is 5.56. The molecule has 0 saturated heterocycles. The molecular weight excluding hydrogens is 244 g/mol. The van der Waals surface area contributed by atoms with E-state index >= 15 is 0 Å². The fourth-order valence-electron chi connectivity index (χ4n) is 1.49. The van der Waals surface area contributed by atoms with E-state index in [2.05, 4.69) is 5.32 Å². The van der Waals surface area contributed by atoms with Crippen molar-refractivity contribution in [2.45, 2.75) is 37.0 Å². The van der Waals surface area contributed by atoms with Crippen LogP contribution in [0.2, 0.25) is 0 Å². The van der Waals surface area contributed by atoms with Gasteiger partial charge in [-0.3, -0.25) is 4.21 Å². The number of hydrogen-bond acceptors (Lipinski definition) is 2. The summed E-state index contributed by atoms with van der Waals surface area (Å²) in [6, 6.07) is 3.42. The van der Waals surface area contributed by atoms with Crippen molar-refractivity contribution in [3.63, 3.8) is 0 Å². The molecule has 0 saturated carbocycles. The highest BCUT2D eigenvalue weighted by atomic mass is 32.2. The minimum atomic E-state index is -1.35. The Bertz CT molecular complexity index is 411. The smallest absolute Gasteiger partial charge is 0.160 e. The van der Waals surface area contributed by atoms with Crippen LogP contribution in [0.3, 0.4) is 0 Å². The van der Waals surface area contributed by atoms with E-state index in [1.165, 1.54) is 6.07 Å². The minimum Gasteiger partial charge on any atom is -0.313 e. The van der Waals surface area contributed by atoms with Gasteiger partial charge >= 0.3 is 0 Å². The molecule has 0 heterocycles. The molecular formula is C12H17F2NOS. The van der Waals surface area contributed by atoms with Crippen molar-refractivity contribution in [2.75, 3.05) is 6.54 Å². The summed E-state index contributed by atoms with van der Waals surface area (Å²) in [4.78, 5) is 0.321. The number of nitrogens with one attached hydrogen (secondary N) is 1. The Hall–Kier alpha value is -0.810. The molecule has 17 heavy (non-hydrogen) atoms. The summed E-state index contributed by atoms with van der Waals surface area (Å²) >= 11 is 0. The highest BCUT2D eigenvalue weighted by Crippen LogP contribution is 2.16. The van der Waals surface area contributed by atoms with E-state index in [9.17, 15) is 13.0 Å². The normalized spacial score (nSPS) is 16.5. The molecule has 0 aliphatic carbocycles. The summed E-state index contributed by atoms with van der Waals surface area (Å²) in [5, 5.41) is 2.99. The van der Waals surface area contributed by atoms with E-state index in [0.717, 1.165) is 18.7 Å². The van der Waals surface area contributed by atoms with Crippen molar-refractivity contribution in [1.29, 1.82) is 0 Å². The van der Waals surface area contributed by atoms with Crippen molar-refractivity contribution in [2.24, 2.45) is 0 Å². The van der Waals surface area contributed by atoms with Crippen molar-refractivity contribution in [3.05, 3.63) is 29.8 Å². The Balaban J connectivity index is 2.85. The van der Waals surface area contributed by atoms with E-state index in [1.807, 2.05) is 20.8 Å². The zero-order valence-corrected chi connectivity index (χ0v) is 11.0. The third-order valence-corrected chi connectivity index (χ3v) is 4.49. The molecule has 0 radical (unpaired) electrons. The van der Waals surface area contributed by atoms with Crippen LogP contribution in [0.15, 0.2) is 23.1 Å². The lowest BCUT2D eigenvalue weighted by atomic mass is 10.2. The molecule has 0 fully saturated rings. The Labute approximate surface area is 103 Å². The van der Waals surface area contributed by atoms with Crippen molar-refractivity contribution < 1.29 is 13.0 Å². The SMILES string of the molecule is CCNC(C)C(C)S(=O)c1ccc(F)c(F)c1. The fourth-order valence-corrected chi connectivity index (χ4v) is 2.81. The standard InChI is InChI=1S/C12H17F2NOS/c1-4-15-8(2)9(3)17(16)10-5-6-11(13)12(14)7-10/h5-9,15H,4H2,1-3H3. The van der Waals surface area contributed by atoms with Gasteiger partial charge in [0.1, 0.15) is 0 Å². The molecule has 0 bridgehead atoms. The van der Waals surface area contributed by atoms with Gasteiger partial charge in [-0.25, -0.2) is 8.78 Å². The quantitative estimate of drug-likeness (QED) is 0.882. The van der Waals surface area contributed by atoms with Crippen LogP contribution in [0.5, 0.6) is 0 Å². The largest absolute Gasteiger partial charge is 0.313 e. The maximum Gasteiger partial charge on any atom is 0.160 e. The minimum absolute atomic E-state index is 0.0500. The second-order valence-electron chi connectivity index (χ2n) is 3.92. The van der Waals surface area contributed by atoms with Crippen LogP contribution in [0, 0.1) is 11.6 Å². The molecule has 1 aromatic carbocycles. The van der Waals surface area contributed by atoms with Gasteiger partial charge in [0.15, 0.2) is 11.6 Å². The predicted molar refractivity (Wildman–Crippen MR) is 65.4 cm³/mol. The van der Waals surface area contributed by atoms with Gasteiger partial charge in [-0.05, 0) is 38.6 Å². The monoisotopic (exact) mass is 261 g/mol. The first kappa shape index (κ1) is 14.3. The highest BCUT2D eigenvalue weighted by Gasteiger charge is 2.20. The fraction of sp³-hybridized carbons (Fsp3) is 0.500. The average molecular weight is 261 g/mol. The number of benzene rings is 1. The van der Waals surface area contributed by atoms with Crippen LogP contribution < -0.4 is 5.32 Å². The number of halogens is 2. The maximum atomic E-state index is 13.0. The second kappa shape index (κ2) is 6.21. The van der Waals surface area contributed by atoms with Crippen LogP contribution in [-0.2, 0) is 10.8 Å². The van der Waals surface area contributed by atoms with Crippen LogP contribution >= 0.6 is 0 Å². The van der Waals surface area contributed by atoms with Gasteiger partial charge in [0, 0.05) is 10.9 Å². The summed E-state index contributed by atoms with van der Waals surface area (Å²) in [7, 11) is -1.35. The number of rotatable bonds is 5. The van der Waals surface area contributed by atoms with Crippen molar-refractivity contribution in [1.82, 2.24) is 5.32 Å². The third-order valence-electron chi connectivity index (χ3n) is 2.69. The zero-order valence-electron chi connectivity index (χ0n) is 10.2. The lowest BCUT2D eigenvalue weighted by molar-refractivity contribution is 0.505. The van der Waals surface area contributed by atoms with Crippen LogP contribution in [-0.4, -0.2) is 22.0 Å². The molecule has 0 aliphatic rings. The first-order chi connectivity index (χ1) is 7.97. The summed E-state index contributed by atoms with van der Waals surface area (Å²) in [6.45, 7) is 6.49. The lowest BCUT2D eigenvalue weighted by Gasteiger charge is -2.20. The molecule has 0 amide bonds. The highest BCUT2D eigenvalue weighted by molar-refractivity contribution is 7.85. The molecule has 5 heteroatoms. The maximum absolute atomic E-state index is 13.0. The average Bonchev–Trinajstić information content (AvgIpc) is 2.31. The van der Waals surface area contributed by atoms with E-state index < -0.39 is 22.4 Å². The number of hydrogen-bond donors (Lipinski definition) is 1. The predicted octanol–water partition coefficient (Wildman–Crippen LogP) is 2.46. The van der Waals surface area contributed by atoms with Crippen LogP contribution in [0.4, 0.5) is 8.78 Å². The van der Waals surface area contributed by atoms with Gasteiger partial charge in [0.05, 0.1) is 16.0 Å². The first-order valence-corrected chi connectivity index (χ1v) is 6.77. The topological polar surface area (TPSA) is 29.1 Å². The second-order valence-corrected chi connectivity index (χ2v) is 5.73. The van der Waals surface area contributed by atoms with Crippen molar-refractivity contribution in [3.8, 4) is 0 Å². The Kier molecular flexibility index (Phi) is 5.21. The molecule has 3 atom stereocenters. The van der Waals surface area contributed by atoms with Gasteiger partial charge in [-0.15, -0.1) is 0 Å². The summed E-state index contributed by atoms with van der Waals surface area (Å²) in [5.74, 6) is -1.88. The van der Waals surface area contributed by atoms with Gasteiger partial charge in [-0.1, -0.05) is 6.92 Å². The van der Waals surface area contributed by atoms with E-state index in [4.69, 9.17) is 0 Å². The van der Waals surface area contributed by atoms with E-state index in [-0.39, 0.29) is 11.3 Å². The van der Waals surface area contributed by atoms with E-state index in [1.54, 1.807) is 0 Å². The summed E-state index contributed by atoms with van der Waals surface area (Å²) in [5.41, 5.74) is 0. The Morgan fingerprint density at radius 1 is 1.29 bits per heavy atom. The van der Waals surface area contributed by atoms with Gasteiger partial charge in [0.25, 0.3) is 0 Å². The molecule has 1 N–H and O–H groups in total. The molecule has 3 unspecified atom stereocenters. The molecule has 0 spiro atoms. The van der Waals surface area contributed by atoms with Crippen LogP contribution in [0.1, 0.15) is 20.8 Å².